The molecule has 168 valence electrons. The molecule has 5 aromatic heterocycles. The first kappa shape index (κ1) is 20.9. The number of hydrogen-bond donors (Lipinski definition) is 2. The van der Waals surface area contributed by atoms with Gasteiger partial charge in [0.05, 0.1) is 22.8 Å². The molecule has 5 aromatic rings. The molecule has 0 fully saturated rings. The van der Waals surface area contributed by atoms with Gasteiger partial charge in [-0.2, -0.15) is 10.2 Å². The van der Waals surface area contributed by atoms with Crippen molar-refractivity contribution in [3.8, 4) is 22.8 Å². The summed E-state index contributed by atoms with van der Waals surface area (Å²) in [5, 5.41) is 14.9. The minimum Gasteiger partial charge on any atom is -0.337 e. The zero-order valence-electron chi connectivity index (χ0n) is 18.4. The van der Waals surface area contributed by atoms with Crippen LogP contribution in [0.2, 0.25) is 0 Å². The fraction of sp³-hybridized carbons (Fsp3) is 0.0870. The number of pyridine rings is 2. The highest BCUT2D eigenvalue weighted by atomic mass is 16.2. The van der Waals surface area contributed by atoms with Crippen LogP contribution in [0.1, 0.15) is 10.6 Å². The van der Waals surface area contributed by atoms with E-state index in [9.17, 15) is 4.79 Å². The molecule has 11 nitrogen and oxygen atoms in total. The smallest absolute Gasteiger partial charge is 0.293 e. The SMILES string of the molecule is Cn1cc(NC(=O)c2nccc(Nc3cn(C)nc3-c3ccccn3)n2)c(-c2ccccn2)n1. The minimum atomic E-state index is -0.468. The molecular formula is C23H20N10O. The van der Waals surface area contributed by atoms with Crippen molar-refractivity contribution in [2.24, 2.45) is 14.1 Å². The third kappa shape index (κ3) is 4.35. The van der Waals surface area contributed by atoms with E-state index in [0.717, 1.165) is 5.69 Å². The van der Waals surface area contributed by atoms with Crippen molar-refractivity contribution in [3.63, 3.8) is 0 Å². The number of nitrogens with zero attached hydrogens (tertiary/aromatic N) is 8. The number of carbonyl (C=O) groups is 1. The third-order valence-electron chi connectivity index (χ3n) is 4.84. The lowest BCUT2D eigenvalue weighted by Gasteiger charge is -2.07. The molecule has 0 aliphatic rings. The Labute approximate surface area is 194 Å². The topological polar surface area (TPSA) is 128 Å². The van der Waals surface area contributed by atoms with Crippen LogP contribution in [-0.4, -0.2) is 45.4 Å². The van der Waals surface area contributed by atoms with Crippen LogP contribution in [-0.2, 0) is 14.1 Å². The minimum absolute atomic E-state index is 0.00380. The second-order valence-corrected chi connectivity index (χ2v) is 7.40. The Balaban J connectivity index is 1.39. The largest absolute Gasteiger partial charge is 0.337 e. The number of rotatable bonds is 6. The maximum Gasteiger partial charge on any atom is 0.293 e. The predicted octanol–water partition coefficient (Wildman–Crippen LogP) is 3.06. The lowest BCUT2D eigenvalue weighted by atomic mass is 10.2. The van der Waals surface area contributed by atoms with Crippen molar-refractivity contribution < 1.29 is 4.79 Å². The van der Waals surface area contributed by atoms with Gasteiger partial charge >= 0.3 is 0 Å². The summed E-state index contributed by atoms with van der Waals surface area (Å²) in [5.41, 5.74) is 3.81. The van der Waals surface area contributed by atoms with Gasteiger partial charge in [-0.25, -0.2) is 9.97 Å². The monoisotopic (exact) mass is 452 g/mol. The van der Waals surface area contributed by atoms with Crippen LogP contribution in [0, 0.1) is 0 Å². The summed E-state index contributed by atoms with van der Waals surface area (Å²) in [6.07, 6.45) is 8.42. The summed E-state index contributed by atoms with van der Waals surface area (Å²) >= 11 is 0. The average molecular weight is 452 g/mol. The second-order valence-electron chi connectivity index (χ2n) is 7.40. The molecule has 0 bridgehead atoms. The van der Waals surface area contributed by atoms with Gasteiger partial charge in [0.2, 0.25) is 5.82 Å². The van der Waals surface area contributed by atoms with Crippen LogP contribution in [0.4, 0.5) is 17.2 Å². The van der Waals surface area contributed by atoms with Crippen molar-refractivity contribution in [2.45, 2.75) is 0 Å². The maximum atomic E-state index is 13.0. The molecule has 34 heavy (non-hydrogen) atoms. The zero-order chi connectivity index (χ0) is 23.5. The molecule has 0 spiro atoms. The molecule has 0 aliphatic carbocycles. The molecule has 0 saturated heterocycles. The Morgan fingerprint density at radius 1 is 0.765 bits per heavy atom. The molecule has 0 radical (unpaired) electrons. The van der Waals surface area contributed by atoms with Crippen molar-refractivity contribution >= 4 is 23.1 Å². The molecule has 2 N–H and O–H groups in total. The van der Waals surface area contributed by atoms with E-state index >= 15 is 0 Å². The number of aryl methyl sites for hydroxylation is 2. The van der Waals surface area contributed by atoms with Crippen molar-refractivity contribution in [3.05, 3.63) is 79.3 Å². The molecule has 5 heterocycles. The number of amides is 1. The van der Waals surface area contributed by atoms with Gasteiger partial charge in [0, 0.05) is 45.1 Å². The Morgan fingerprint density at radius 2 is 1.38 bits per heavy atom. The number of carbonyl (C=O) groups excluding carboxylic acids is 1. The molecule has 0 aromatic carbocycles. The molecule has 5 rings (SSSR count). The number of hydrogen-bond acceptors (Lipinski definition) is 8. The van der Waals surface area contributed by atoms with Gasteiger partial charge in [-0.05, 0) is 30.3 Å². The molecule has 0 atom stereocenters. The standard InChI is InChI=1S/C23H20N10O/c1-32-13-17(20(30-32)15-7-3-5-10-24-15)27-19-9-12-26-22(29-19)23(34)28-18-14-33(2)31-21(18)16-8-4-6-11-25-16/h3-14H,1-2H3,(H,28,34)(H,26,27,29). The fourth-order valence-electron chi connectivity index (χ4n) is 3.40. The quantitative estimate of drug-likeness (QED) is 0.402. The lowest BCUT2D eigenvalue weighted by Crippen LogP contribution is -2.16. The number of aromatic nitrogens is 8. The van der Waals surface area contributed by atoms with Crippen LogP contribution in [0.25, 0.3) is 22.8 Å². The van der Waals surface area contributed by atoms with E-state index in [1.165, 1.54) is 6.20 Å². The first-order valence-corrected chi connectivity index (χ1v) is 10.4. The van der Waals surface area contributed by atoms with Crippen molar-refractivity contribution in [2.75, 3.05) is 10.6 Å². The molecule has 11 heteroatoms. The molecule has 0 saturated carbocycles. The van der Waals surface area contributed by atoms with Crippen molar-refractivity contribution in [1.29, 1.82) is 0 Å². The highest BCUT2D eigenvalue weighted by Gasteiger charge is 2.18. The van der Waals surface area contributed by atoms with Gasteiger partial charge in [0.15, 0.2) is 0 Å². The second kappa shape index (κ2) is 8.90. The van der Waals surface area contributed by atoms with Gasteiger partial charge in [0.25, 0.3) is 5.91 Å². The first-order valence-electron chi connectivity index (χ1n) is 10.4. The summed E-state index contributed by atoms with van der Waals surface area (Å²) in [4.78, 5) is 30.2. The van der Waals surface area contributed by atoms with Gasteiger partial charge in [0.1, 0.15) is 17.2 Å². The highest BCUT2D eigenvalue weighted by molar-refractivity contribution is 6.03. The van der Waals surface area contributed by atoms with E-state index < -0.39 is 5.91 Å². The zero-order valence-corrected chi connectivity index (χ0v) is 18.4. The van der Waals surface area contributed by atoms with E-state index in [1.54, 1.807) is 41.1 Å². The number of anilines is 3. The highest BCUT2D eigenvalue weighted by Crippen LogP contribution is 2.27. The Hall–Kier alpha value is -4.93. The Bertz CT molecular complexity index is 1440. The van der Waals surface area contributed by atoms with E-state index in [-0.39, 0.29) is 5.82 Å². The molecule has 1 amide bonds. The van der Waals surface area contributed by atoms with Gasteiger partial charge in [-0.3, -0.25) is 24.1 Å². The molecule has 0 unspecified atom stereocenters. The average Bonchev–Trinajstić information content (AvgIpc) is 3.41. The van der Waals surface area contributed by atoms with Crippen LogP contribution >= 0.6 is 0 Å². The van der Waals surface area contributed by atoms with E-state index in [0.29, 0.717) is 34.3 Å². The molecular weight excluding hydrogens is 432 g/mol. The van der Waals surface area contributed by atoms with E-state index in [1.807, 2.05) is 49.6 Å². The van der Waals surface area contributed by atoms with Crippen molar-refractivity contribution in [1.82, 2.24) is 39.5 Å². The lowest BCUT2D eigenvalue weighted by molar-refractivity contribution is 0.101. The first-order chi connectivity index (χ1) is 16.6. The van der Waals surface area contributed by atoms with Crippen LogP contribution in [0.5, 0.6) is 0 Å². The van der Waals surface area contributed by atoms with Gasteiger partial charge < -0.3 is 10.6 Å². The van der Waals surface area contributed by atoms with E-state index in [2.05, 4.69) is 40.8 Å². The number of nitrogens with one attached hydrogen (secondary N) is 2. The maximum absolute atomic E-state index is 13.0. The Morgan fingerprint density at radius 3 is 2.00 bits per heavy atom. The van der Waals surface area contributed by atoms with E-state index in [4.69, 9.17) is 0 Å². The normalized spacial score (nSPS) is 10.8. The van der Waals surface area contributed by atoms with Crippen LogP contribution in [0.15, 0.2) is 73.4 Å². The summed E-state index contributed by atoms with van der Waals surface area (Å²) in [6, 6.07) is 12.8. The van der Waals surface area contributed by atoms with Crippen LogP contribution < -0.4 is 10.6 Å². The van der Waals surface area contributed by atoms with Gasteiger partial charge in [-0.1, -0.05) is 12.1 Å². The summed E-state index contributed by atoms with van der Waals surface area (Å²) in [7, 11) is 3.60. The fourth-order valence-corrected chi connectivity index (χ4v) is 3.40. The third-order valence-corrected chi connectivity index (χ3v) is 4.84. The summed E-state index contributed by atoms with van der Waals surface area (Å²) < 4.78 is 3.29. The summed E-state index contributed by atoms with van der Waals surface area (Å²) in [5.74, 6) is -0.0180. The predicted molar refractivity (Wildman–Crippen MR) is 126 cm³/mol. The van der Waals surface area contributed by atoms with Gasteiger partial charge in [-0.15, -0.1) is 0 Å². The summed E-state index contributed by atoms with van der Waals surface area (Å²) in [6.45, 7) is 0. The van der Waals surface area contributed by atoms with Crippen LogP contribution in [0.3, 0.4) is 0 Å². The molecule has 0 aliphatic heterocycles. The Kier molecular flexibility index (Phi) is 5.48.